The van der Waals surface area contributed by atoms with E-state index in [4.69, 9.17) is 0 Å². The third-order valence-electron chi connectivity index (χ3n) is 3.34. The van der Waals surface area contributed by atoms with Gasteiger partial charge in [-0.2, -0.15) is 0 Å². The third-order valence-corrected chi connectivity index (χ3v) is 4.38. The van der Waals surface area contributed by atoms with Crippen molar-refractivity contribution in [2.24, 2.45) is 0 Å². The molecule has 1 aromatic heterocycles. The Kier molecular flexibility index (Phi) is 5.30. The van der Waals surface area contributed by atoms with Crippen LogP contribution < -0.4 is 5.32 Å². The summed E-state index contributed by atoms with van der Waals surface area (Å²) in [5, 5.41) is 6.27. The highest BCUT2D eigenvalue weighted by atomic mass is 32.1. The van der Waals surface area contributed by atoms with Crippen LogP contribution in [0.4, 0.5) is 0 Å². The van der Waals surface area contributed by atoms with E-state index >= 15 is 0 Å². The van der Waals surface area contributed by atoms with Gasteiger partial charge in [0.25, 0.3) is 0 Å². The van der Waals surface area contributed by atoms with E-state index in [-0.39, 0.29) is 5.91 Å². The van der Waals surface area contributed by atoms with Gasteiger partial charge in [0.15, 0.2) is 0 Å². The van der Waals surface area contributed by atoms with Gasteiger partial charge in [-0.15, -0.1) is 11.3 Å². The summed E-state index contributed by atoms with van der Waals surface area (Å²) in [5.41, 5.74) is 1.16. The molecule has 1 saturated heterocycles. The first-order valence-electron chi connectivity index (χ1n) is 6.81. The summed E-state index contributed by atoms with van der Waals surface area (Å²) in [6.07, 6.45) is 1.01. The molecule has 1 aliphatic heterocycles. The Bertz CT molecular complexity index is 413. The van der Waals surface area contributed by atoms with Crippen molar-refractivity contribution in [2.75, 3.05) is 39.8 Å². The summed E-state index contributed by atoms with van der Waals surface area (Å²) >= 11 is 1.74. The number of piperazine rings is 1. The Morgan fingerprint density at radius 3 is 2.74 bits per heavy atom. The second-order valence-corrected chi connectivity index (χ2v) is 5.72. The Balaban J connectivity index is 1.78. The van der Waals surface area contributed by atoms with Gasteiger partial charge in [0, 0.05) is 38.1 Å². The van der Waals surface area contributed by atoms with Gasteiger partial charge < -0.3 is 10.2 Å². The molecule has 0 aliphatic carbocycles. The molecule has 0 unspecified atom stereocenters. The zero-order valence-corrected chi connectivity index (χ0v) is 12.5. The minimum absolute atomic E-state index is 0.198. The van der Waals surface area contributed by atoms with Gasteiger partial charge in [-0.25, -0.2) is 4.98 Å². The number of rotatable bonds is 5. The van der Waals surface area contributed by atoms with Crippen molar-refractivity contribution in [2.45, 2.75) is 19.9 Å². The first kappa shape index (κ1) is 14.4. The second-order valence-electron chi connectivity index (χ2n) is 4.77. The molecule has 1 amide bonds. The molecule has 0 saturated carbocycles. The van der Waals surface area contributed by atoms with Gasteiger partial charge in [0.05, 0.1) is 17.2 Å². The third kappa shape index (κ3) is 3.99. The van der Waals surface area contributed by atoms with Crippen LogP contribution in [-0.4, -0.2) is 60.5 Å². The lowest BCUT2D eigenvalue weighted by atomic mass is 10.3. The molecule has 5 nitrogen and oxygen atoms in total. The standard InChI is InChI=1S/C13H22N4OS/c1-3-12-15-11(10-19-12)9-16-4-6-17(7-5-16)13(18)8-14-2/h10,14H,3-9H2,1-2H3. The van der Waals surface area contributed by atoms with Gasteiger partial charge in [0.1, 0.15) is 0 Å². The van der Waals surface area contributed by atoms with Crippen LogP contribution in [0.15, 0.2) is 5.38 Å². The van der Waals surface area contributed by atoms with Gasteiger partial charge in [-0.3, -0.25) is 9.69 Å². The Labute approximate surface area is 118 Å². The second kappa shape index (κ2) is 6.98. The maximum absolute atomic E-state index is 11.7. The summed E-state index contributed by atoms with van der Waals surface area (Å²) in [4.78, 5) is 20.6. The summed E-state index contributed by atoms with van der Waals surface area (Å²) < 4.78 is 0. The lowest BCUT2D eigenvalue weighted by Crippen LogP contribution is -2.50. The van der Waals surface area contributed by atoms with Crippen molar-refractivity contribution in [3.05, 3.63) is 16.1 Å². The maximum Gasteiger partial charge on any atom is 0.236 e. The summed E-state index contributed by atoms with van der Waals surface area (Å²) in [7, 11) is 1.81. The van der Waals surface area contributed by atoms with Crippen LogP contribution in [0.25, 0.3) is 0 Å². The molecule has 1 N–H and O–H groups in total. The number of nitrogens with one attached hydrogen (secondary N) is 1. The summed E-state index contributed by atoms with van der Waals surface area (Å²) in [6.45, 7) is 7.00. The van der Waals surface area contributed by atoms with E-state index in [1.165, 1.54) is 5.01 Å². The van der Waals surface area contributed by atoms with E-state index in [0.29, 0.717) is 6.54 Å². The number of nitrogens with zero attached hydrogens (tertiary/aromatic N) is 3. The smallest absolute Gasteiger partial charge is 0.236 e. The number of aromatic nitrogens is 1. The van der Waals surface area contributed by atoms with E-state index in [9.17, 15) is 4.79 Å². The highest BCUT2D eigenvalue weighted by Crippen LogP contribution is 2.13. The van der Waals surface area contributed by atoms with Crippen LogP contribution in [-0.2, 0) is 17.8 Å². The van der Waals surface area contributed by atoms with E-state index in [1.807, 2.05) is 11.9 Å². The normalized spacial score (nSPS) is 16.8. The van der Waals surface area contributed by atoms with Crippen molar-refractivity contribution >= 4 is 17.2 Å². The van der Waals surface area contributed by atoms with Crippen LogP contribution in [0.1, 0.15) is 17.6 Å². The van der Waals surface area contributed by atoms with Gasteiger partial charge in [0.2, 0.25) is 5.91 Å². The van der Waals surface area contributed by atoms with Crippen LogP contribution in [0.5, 0.6) is 0 Å². The molecule has 19 heavy (non-hydrogen) atoms. The Morgan fingerprint density at radius 1 is 1.42 bits per heavy atom. The lowest BCUT2D eigenvalue weighted by molar-refractivity contribution is -0.131. The van der Waals surface area contributed by atoms with Crippen molar-refractivity contribution in [1.29, 1.82) is 0 Å². The molecule has 0 spiro atoms. The minimum atomic E-state index is 0.198. The zero-order valence-electron chi connectivity index (χ0n) is 11.7. The zero-order chi connectivity index (χ0) is 13.7. The number of carbonyl (C=O) groups excluding carboxylic acids is 1. The molecule has 1 aliphatic rings. The molecule has 0 radical (unpaired) electrons. The predicted octanol–water partition coefficient (Wildman–Crippen LogP) is 0.569. The van der Waals surface area contributed by atoms with Gasteiger partial charge in [-0.05, 0) is 13.5 Å². The highest BCUT2D eigenvalue weighted by Gasteiger charge is 2.20. The molecule has 2 heterocycles. The van der Waals surface area contributed by atoms with Crippen molar-refractivity contribution in [3.8, 4) is 0 Å². The Hall–Kier alpha value is -0.980. The fourth-order valence-corrected chi connectivity index (χ4v) is 2.97. The number of thiazole rings is 1. The molecule has 1 fully saturated rings. The summed E-state index contributed by atoms with van der Waals surface area (Å²) in [5.74, 6) is 0.198. The number of hydrogen-bond acceptors (Lipinski definition) is 5. The number of likely N-dealkylation sites (N-methyl/N-ethyl adjacent to an activating group) is 1. The van der Waals surface area contributed by atoms with Crippen LogP contribution in [0.2, 0.25) is 0 Å². The molecule has 0 aromatic carbocycles. The molecular weight excluding hydrogens is 260 g/mol. The molecule has 106 valence electrons. The highest BCUT2D eigenvalue weighted by molar-refractivity contribution is 7.09. The molecule has 0 atom stereocenters. The summed E-state index contributed by atoms with van der Waals surface area (Å²) in [6, 6.07) is 0. The van der Waals surface area contributed by atoms with E-state index in [2.05, 4.69) is 27.5 Å². The number of aryl methyl sites for hydroxylation is 1. The van der Waals surface area contributed by atoms with Crippen molar-refractivity contribution in [3.63, 3.8) is 0 Å². The average Bonchev–Trinajstić information content (AvgIpc) is 2.87. The van der Waals surface area contributed by atoms with Crippen molar-refractivity contribution in [1.82, 2.24) is 20.1 Å². The quantitative estimate of drug-likeness (QED) is 0.858. The fraction of sp³-hybridized carbons (Fsp3) is 0.692. The molecule has 6 heteroatoms. The van der Waals surface area contributed by atoms with Gasteiger partial charge in [-0.1, -0.05) is 6.92 Å². The van der Waals surface area contributed by atoms with Crippen LogP contribution in [0.3, 0.4) is 0 Å². The van der Waals surface area contributed by atoms with Crippen molar-refractivity contribution < 1.29 is 4.79 Å². The monoisotopic (exact) mass is 282 g/mol. The van der Waals surface area contributed by atoms with Crippen LogP contribution in [0, 0.1) is 0 Å². The molecule has 0 bridgehead atoms. The van der Waals surface area contributed by atoms with E-state index < -0.39 is 0 Å². The fourth-order valence-electron chi connectivity index (χ4n) is 2.23. The number of carbonyl (C=O) groups is 1. The van der Waals surface area contributed by atoms with Crippen LogP contribution >= 0.6 is 11.3 Å². The van der Waals surface area contributed by atoms with E-state index in [1.54, 1.807) is 11.3 Å². The molecule has 1 aromatic rings. The molecule has 2 rings (SSSR count). The number of amides is 1. The average molecular weight is 282 g/mol. The Morgan fingerprint density at radius 2 is 2.16 bits per heavy atom. The van der Waals surface area contributed by atoms with E-state index in [0.717, 1.165) is 44.8 Å². The molecular formula is C13H22N4OS. The minimum Gasteiger partial charge on any atom is -0.339 e. The first-order chi connectivity index (χ1) is 9.22. The first-order valence-corrected chi connectivity index (χ1v) is 7.69. The topological polar surface area (TPSA) is 48.5 Å². The lowest BCUT2D eigenvalue weighted by Gasteiger charge is -2.34. The predicted molar refractivity (Wildman–Crippen MR) is 77.3 cm³/mol. The SMILES string of the molecule is CCc1nc(CN2CCN(C(=O)CNC)CC2)cs1. The number of hydrogen-bond donors (Lipinski definition) is 1. The van der Waals surface area contributed by atoms with Gasteiger partial charge >= 0.3 is 0 Å². The largest absolute Gasteiger partial charge is 0.339 e. The maximum atomic E-state index is 11.7.